The van der Waals surface area contributed by atoms with Crippen LogP contribution < -0.4 is 5.32 Å². The van der Waals surface area contributed by atoms with E-state index in [9.17, 15) is 18.9 Å². The summed E-state index contributed by atoms with van der Waals surface area (Å²) in [5.41, 5.74) is -0.854. The molecule has 0 aliphatic rings. The highest BCUT2D eigenvalue weighted by Crippen LogP contribution is 2.29. The maximum absolute atomic E-state index is 13.4. The summed E-state index contributed by atoms with van der Waals surface area (Å²) in [6.45, 7) is 2.20. The van der Waals surface area contributed by atoms with Crippen LogP contribution in [-0.4, -0.2) is 23.0 Å². The van der Waals surface area contributed by atoms with Crippen LogP contribution in [0.3, 0.4) is 0 Å². The van der Waals surface area contributed by atoms with E-state index in [-0.39, 0.29) is 5.25 Å². The molecule has 1 rings (SSSR count). The van der Waals surface area contributed by atoms with E-state index < -0.39 is 27.9 Å². The zero-order chi connectivity index (χ0) is 13.0. The fourth-order valence-electron chi connectivity index (χ4n) is 1.19. The number of thioether (sulfide) groups is 1. The minimum Gasteiger partial charge on any atom is -0.376 e. The molecule has 1 unspecified atom stereocenters. The molecule has 1 aromatic rings. The molecule has 0 bridgehead atoms. The van der Waals surface area contributed by atoms with Crippen molar-refractivity contribution in [1.29, 1.82) is 0 Å². The van der Waals surface area contributed by atoms with Gasteiger partial charge in [0.1, 0.15) is 0 Å². The second kappa shape index (κ2) is 5.81. The summed E-state index contributed by atoms with van der Waals surface area (Å²) in [7, 11) is 0. The number of nitro benzene ring substituents is 1. The van der Waals surface area contributed by atoms with Crippen LogP contribution in [-0.2, 0) is 0 Å². The first-order chi connectivity index (χ1) is 7.97. The summed E-state index contributed by atoms with van der Waals surface area (Å²) < 4.78 is 26.4. The highest BCUT2D eigenvalue weighted by atomic mass is 32.2. The van der Waals surface area contributed by atoms with Gasteiger partial charge in [0.15, 0.2) is 17.3 Å². The molecule has 1 aromatic carbocycles. The first-order valence-corrected chi connectivity index (χ1v) is 6.15. The molecular formula is C10H12F2N2O2S. The first kappa shape index (κ1) is 13.7. The van der Waals surface area contributed by atoms with Crippen molar-refractivity contribution >= 4 is 23.1 Å². The van der Waals surface area contributed by atoms with Gasteiger partial charge in [-0.3, -0.25) is 10.1 Å². The Morgan fingerprint density at radius 2 is 2.18 bits per heavy atom. The van der Waals surface area contributed by atoms with Crippen molar-refractivity contribution in [1.82, 2.24) is 0 Å². The minimum absolute atomic E-state index is 0.136. The largest absolute Gasteiger partial charge is 0.376 e. The Hall–Kier alpha value is -1.37. The lowest BCUT2D eigenvalue weighted by Gasteiger charge is -2.12. The lowest BCUT2D eigenvalue weighted by atomic mass is 10.2. The molecule has 0 aromatic heterocycles. The highest BCUT2D eigenvalue weighted by molar-refractivity contribution is 7.99. The number of halogens is 2. The fraction of sp³-hybridized carbons (Fsp3) is 0.400. The van der Waals surface area contributed by atoms with Gasteiger partial charge >= 0.3 is 0 Å². The third-order valence-corrected chi connectivity index (χ3v) is 3.21. The summed E-state index contributed by atoms with van der Waals surface area (Å²) >= 11 is 1.52. The maximum atomic E-state index is 13.4. The number of nitro groups is 1. The van der Waals surface area contributed by atoms with E-state index in [1.165, 1.54) is 11.8 Å². The molecule has 0 spiro atoms. The molecule has 4 nitrogen and oxygen atoms in total. The number of nitrogens with one attached hydrogen (secondary N) is 1. The number of hydrogen-bond donors (Lipinski definition) is 1. The van der Waals surface area contributed by atoms with Crippen molar-refractivity contribution in [3.63, 3.8) is 0 Å². The van der Waals surface area contributed by atoms with E-state index in [1.807, 2.05) is 13.2 Å². The predicted molar refractivity (Wildman–Crippen MR) is 64.5 cm³/mol. The molecule has 0 fully saturated rings. The van der Waals surface area contributed by atoms with Crippen LogP contribution in [0.5, 0.6) is 0 Å². The van der Waals surface area contributed by atoms with Gasteiger partial charge in [-0.1, -0.05) is 6.92 Å². The van der Waals surface area contributed by atoms with E-state index in [2.05, 4.69) is 5.32 Å². The molecule has 0 radical (unpaired) electrons. The summed E-state index contributed by atoms with van der Waals surface area (Å²) in [4.78, 5) is 9.93. The summed E-state index contributed by atoms with van der Waals surface area (Å²) in [5, 5.41) is 13.4. The third kappa shape index (κ3) is 3.29. The van der Waals surface area contributed by atoms with Crippen LogP contribution in [0, 0.1) is 21.7 Å². The average molecular weight is 262 g/mol. The van der Waals surface area contributed by atoms with Crippen LogP contribution >= 0.6 is 11.8 Å². The van der Waals surface area contributed by atoms with Crippen LogP contribution in [0.15, 0.2) is 12.1 Å². The highest BCUT2D eigenvalue weighted by Gasteiger charge is 2.21. The van der Waals surface area contributed by atoms with Gasteiger partial charge in [-0.2, -0.15) is 11.8 Å². The van der Waals surface area contributed by atoms with Crippen LogP contribution in [0.1, 0.15) is 6.92 Å². The molecular weight excluding hydrogens is 250 g/mol. The Balaban J connectivity index is 3.02. The van der Waals surface area contributed by atoms with Gasteiger partial charge in [-0.25, -0.2) is 8.78 Å². The summed E-state index contributed by atoms with van der Waals surface area (Å²) in [5.74, 6) is -2.32. The van der Waals surface area contributed by atoms with E-state index in [1.54, 1.807) is 0 Å². The van der Waals surface area contributed by atoms with Crippen LogP contribution in [0.25, 0.3) is 0 Å². The van der Waals surface area contributed by atoms with Crippen molar-refractivity contribution in [2.45, 2.75) is 12.2 Å². The Bertz CT molecular complexity index is 429. The topological polar surface area (TPSA) is 55.2 Å². The summed E-state index contributed by atoms with van der Waals surface area (Å²) in [6.07, 6.45) is 1.86. The molecule has 0 aliphatic heterocycles. The van der Waals surface area contributed by atoms with Gasteiger partial charge in [0.25, 0.3) is 5.69 Å². The number of nitrogens with zero attached hydrogens (tertiary/aromatic N) is 1. The lowest BCUT2D eigenvalue weighted by Crippen LogP contribution is -2.15. The number of benzene rings is 1. The quantitative estimate of drug-likeness (QED) is 0.654. The first-order valence-electron chi connectivity index (χ1n) is 4.86. The molecule has 7 heteroatoms. The van der Waals surface area contributed by atoms with Crippen LogP contribution in [0.2, 0.25) is 0 Å². The normalized spacial score (nSPS) is 12.2. The number of anilines is 1. The van der Waals surface area contributed by atoms with Crippen molar-refractivity contribution in [3.8, 4) is 0 Å². The van der Waals surface area contributed by atoms with Gasteiger partial charge in [-0.05, 0) is 12.3 Å². The number of rotatable bonds is 5. The standard InChI is InChI=1S/C10H12F2N2O2S/c1-6(17-2)5-13-10-8(14(15)16)4-3-7(11)9(10)12/h3-4,6,13H,5H2,1-2H3. The molecule has 0 aliphatic carbocycles. The van der Waals surface area contributed by atoms with Crippen LogP contribution in [0.4, 0.5) is 20.2 Å². The Labute approximate surface area is 102 Å². The Kier molecular flexibility index (Phi) is 4.68. The molecule has 0 saturated heterocycles. The van der Waals surface area contributed by atoms with Gasteiger partial charge < -0.3 is 5.32 Å². The van der Waals surface area contributed by atoms with Gasteiger partial charge in [0.05, 0.1) is 4.92 Å². The zero-order valence-electron chi connectivity index (χ0n) is 9.37. The van der Waals surface area contributed by atoms with Gasteiger partial charge in [0, 0.05) is 17.9 Å². The molecule has 1 N–H and O–H groups in total. The molecule has 0 heterocycles. The smallest absolute Gasteiger partial charge is 0.295 e. The van der Waals surface area contributed by atoms with E-state index in [4.69, 9.17) is 0 Å². The van der Waals surface area contributed by atoms with E-state index >= 15 is 0 Å². The molecule has 94 valence electrons. The monoisotopic (exact) mass is 262 g/mol. The van der Waals surface area contributed by atoms with Crippen molar-refractivity contribution in [2.75, 3.05) is 18.1 Å². The molecule has 0 saturated carbocycles. The third-order valence-electron chi connectivity index (χ3n) is 2.24. The van der Waals surface area contributed by atoms with Crippen molar-refractivity contribution < 1.29 is 13.7 Å². The Morgan fingerprint density at radius 1 is 1.53 bits per heavy atom. The maximum Gasteiger partial charge on any atom is 0.295 e. The minimum atomic E-state index is -1.22. The number of hydrogen-bond acceptors (Lipinski definition) is 4. The van der Waals surface area contributed by atoms with E-state index in [0.717, 1.165) is 12.1 Å². The SMILES string of the molecule is CSC(C)CNc1c([N+](=O)[O-])ccc(F)c1F. The lowest BCUT2D eigenvalue weighted by molar-refractivity contribution is -0.384. The predicted octanol–water partition coefficient (Wildman–Crippen LogP) is 3.04. The van der Waals surface area contributed by atoms with E-state index in [0.29, 0.717) is 6.54 Å². The Morgan fingerprint density at radius 3 is 2.71 bits per heavy atom. The second-order valence-electron chi connectivity index (χ2n) is 3.44. The molecule has 0 amide bonds. The second-order valence-corrected chi connectivity index (χ2v) is 4.72. The average Bonchev–Trinajstić information content (AvgIpc) is 2.30. The van der Waals surface area contributed by atoms with Gasteiger partial charge in [-0.15, -0.1) is 0 Å². The summed E-state index contributed by atoms with van der Waals surface area (Å²) in [6, 6.07) is 1.70. The zero-order valence-corrected chi connectivity index (χ0v) is 10.2. The van der Waals surface area contributed by atoms with Crippen molar-refractivity contribution in [3.05, 3.63) is 33.9 Å². The van der Waals surface area contributed by atoms with Gasteiger partial charge in [0.2, 0.25) is 0 Å². The molecule has 1 atom stereocenters. The van der Waals surface area contributed by atoms with Crippen molar-refractivity contribution in [2.24, 2.45) is 0 Å². The fourth-order valence-corrected chi connectivity index (χ4v) is 1.44. The molecule has 17 heavy (non-hydrogen) atoms.